The van der Waals surface area contributed by atoms with Gasteiger partial charge in [0.25, 0.3) is 5.91 Å². The lowest BCUT2D eigenvalue weighted by atomic mass is 10.1. The summed E-state index contributed by atoms with van der Waals surface area (Å²) in [6, 6.07) is 10.0. The van der Waals surface area contributed by atoms with Gasteiger partial charge in [-0.1, -0.05) is 11.6 Å². The Labute approximate surface area is 167 Å². The van der Waals surface area contributed by atoms with Crippen molar-refractivity contribution in [3.8, 4) is 11.5 Å². The Morgan fingerprint density at radius 1 is 1.04 bits per heavy atom. The first-order valence-corrected chi connectivity index (χ1v) is 8.71. The Kier molecular flexibility index (Phi) is 7.40. The minimum atomic E-state index is -0.941. The van der Waals surface area contributed by atoms with Crippen LogP contribution in [0, 0.1) is 0 Å². The number of esters is 1. The molecule has 1 atom stereocenters. The third-order valence-corrected chi connectivity index (χ3v) is 4.11. The van der Waals surface area contributed by atoms with Crippen molar-refractivity contribution in [1.82, 2.24) is 5.32 Å². The van der Waals surface area contributed by atoms with Crippen molar-refractivity contribution in [3.05, 3.63) is 58.6 Å². The van der Waals surface area contributed by atoms with E-state index in [0.717, 1.165) is 0 Å². The van der Waals surface area contributed by atoms with Crippen molar-refractivity contribution >= 4 is 29.3 Å². The molecule has 0 unspecified atom stereocenters. The summed E-state index contributed by atoms with van der Waals surface area (Å²) < 4.78 is 15.3. The lowest BCUT2D eigenvalue weighted by Crippen LogP contribution is -2.40. The highest BCUT2D eigenvalue weighted by atomic mass is 35.5. The van der Waals surface area contributed by atoms with Crippen LogP contribution in [0.2, 0.25) is 5.02 Å². The topological polar surface area (TPSA) is 90.9 Å². The molecule has 0 saturated heterocycles. The maximum atomic E-state index is 12.4. The normalized spacial score (nSPS) is 11.3. The molecule has 0 radical (unpaired) electrons. The van der Waals surface area contributed by atoms with E-state index in [2.05, 4.69) is 5.32 Å². The number of methoxy groups -OCH3 is 2. The predicted octanol–water partition coefficient (Wildman–Crippen LogP) is 2.90. The van der Waals surface area contributed by atoms with Crippen LogP contribution >= 0.6 is 11.6 Å². The summed E-state index contributed by atoms with van der Waals surface area (Å²) in [5.41, 5.74) is 0.578. The quantitative estimate of drug-likeness (QED) is 0.536. The summed E-state index contributed by atoms with van der Waals surface area (Å²) in [5, 5.41) is 3.00. The fraction of sp³-hybridized carbons (Fsp3) is 0.250. The zero-order chi connectivity index (χ0) is 20.7. The third kappa shape index (κ3) is 5.47. The molecule has 1 amide bonds. The molecule has 0 aliphatic carbocycles. The Morgan fingerprint density at radius 2 is 1.71 bits per heavy atom. The van der Waals surface area contributed by atoms with Crippen LogP contribution in [0.15, 0.2) is 42.5 Å². The first kappa shape index (κ1) is 21.2. The van der Waals surface area contributed by atoms with Crippen molar-refractivity contribution in [3.63, 3.8) is 0 Å². The minimum absolute atomic E-state index is 0.229. The van der Waals surface area contributed by atoms with Crippen molar-refractivity contribution in [1.29, 1.82) is 0 Å². The molecule has 7 nitrogen and oxygen atoms in total. The molecule has 2 aromatic rings. The summed E-state index contributed by atoms with van der Waals surface area (Å²) in [4.78, 5) is 36.6. The molecule has 148 valence electrons. The summed E-state index contributed by atoms with van der Waals surface area (Å²) in [6.45, 7) is 0.969. The standard InChI is InChI=1S/C20H20ClNO6/c1-12(22-19(24)13-4-6-14(21)7-5-13)20(25)28-11-17(23)16-10-15(26-2)8-9-18(16)27-3/h4-10,12H,11H2,1-3H3,(H,22,24)/t12-/m0/s1. The van der Waals surface area contributed by atoms with E-state index < -0.39 is 30.3 Å². The van der Waals surface area contributed by atoms with Crippen LogP contribution in [0.1, 0.15) is 27.6 Å². The van der Waals surface area contributed by atoms with Crippen LogP contribution in [0.4, 0.5) is 0 Å². The summed E-state index contributed by atoms with van der Waals surface area (Å²) >= 11 is 5.78. The van der Waals surface area contributed by atoms with E-state index in [1.807, 2.05) is 0 Å². The molecule has 2 aromatic carbocycles. The number of carbonyl (C=O) groups excluding carboxylic acids is 3. The van der Waals surface area contributed by atoms with Crippen LogP contribution in [0.5, 0.6) is 11.5 Å². The molecule has 0 saturated carbocycles. The number of halogens is 1. The fourth-order valence-corrected chi connectivity index (χ4v) is 2.44. The average Bonchev–Trinajstić information content (AvgIpc) is 2.71. The number of hydrogen-bond acceptors (Lipinski definition) is 6. The summed E-state index contributed by atoms with van der Waals surface area (Å²) in [6.07, 6.45) is 0. The Balaban J connectivity index is 1.94. The van der Waals surface area contributed by atoms with Crippen LogP contribution in [0.25, 0.3) is 0 Å². The second-order valence-corrected chi connectivity index (χ2v) is 6.24. The number of nitrogens with one attached hydrogen (secondary N) is 1. The van der Waals surface area contributed by atoms with Gasteiger partial charge < -0.3 is 19.5 Å². The van der Waals surface area contributed by atoms with Crippen LogP contribution in [0.3, 0.4) is 0 Å². The highest BCUT2D eigenvalue weighted by molar-refractivity contribution is 6.30. The first-order valence-electron chi connectivity index (χ1n) is 8.34. The van der Waals surface area contributed by atoms with E-state index in [-0.39, 0.29) is 5.56 Å². The molecular formula is C20H20ClNO6. The maximum absolute atomic E-state index is 12.4. The number of hydrogen-bond donors (Lipinski definition) is 1. The zero-order valence-corrected chi connectivity index (χ0v) is 16.4. The summed E-state index contributed by atoms with van der Waals surface area (Å²) in [5.74, 6) is -0.843. The van der Waals surface area contributed by atoms with E-state index in [0.29, 0.717) is 22.1 Å². The van der Waals surface area contributed by atoms with E-state index in [9.17, 15) is 14.4 Å². The monoisotopic (exact) mass is 405 g/mol. The smallest absolute Gasteiger partial charge is 0.328 e. The number of ketones is 1. The van der Waals surface area contributed by atoms with Gasteiger partial charge in [-0.3, -0.25) is 9.59 Å². The number of Topliss-reactive ketones (excluding diaryl/α,β-unsaturated/α-hetero) is 1. The largest absolute Gasteiger partial charge is 0.497 e. The molecule has 0 bridgehead atoms. The second kappa shape index (κ2) is 9.75. The Bertz CT molecular complexity index is 865. The first-order chi connectivity index (χ1) is 13.3. The molecule has 28 heavy (non-hydrogen) atoms. The van der Waals surface area contributed by atoms with Crippen molar-refractivity contribution in [2.45, 2.75) is 13.0 Å². The van der Waals surface area contributed by atoms with Gasteiger partial charge in [-0.15, -0.1) is 0 Å². The molecule has 2 rings (SSSR count). The number of carbonyl (C=O) groups is 3. The molecule has 0 aliphatic heterocycles. The SMILES string of the molecule is COc1ccc(OC)c(C(=O)COC(=O)[C@H](C)NC(=O)c2ccc(Cl)cc2)c1. The van der Waals surface area contributed by atoms with Gasteiger partial charge >= 0.3 is 5.97 Å². The number of amides is 1. The zero-order valence-electron chi connectivity index (χ0n) is 15.7. The lowest BCUT2D eigenvalue weighted by Gasteiger charge is -2.14. The number of benzene rings is 2. The van der Waals surface area contributed by atoms with Gasteiger partial charge in [-0.05, 0) is 49.4 Å². The molecule has 0 aromatic heterocycles. The number of ether oxygens (including phenoxy) is 3. The molecule has 8 heteroatoms. The van der Waals surface area contributed by atoms with Gasteiger partial charge in [0.1, 0.15) is 17.5 Å². The third-order valence-electron chi connectivity index (χ3n) is 3.86. The van der Waals surface area contributed by atoms with Crippen LogP contribution in [-0.2, 0) is 9.53 Å². The second-order valence-electron chi connectivity index (χ2n) is 5.80. The van der Waals surface area contributed by atoms with Gasteiger partial charge in [-0.25, -0.2) is 4.79 Å². The van der Waals surface area contributed by atoms with Gasteiger partial charge in [0.2, 0.25) is 5.78 Å². The number of rotatable bonds is 8. The molecule has 0 heterocycles. The van der Waals surface area contributed by atoms with Gasteiger partial charge in [-0.2, -0.15) is 0 Å². The van der Waals surface area contributed by atoms with E-state index in [4.69, 9.17) is 25.8 Å². The van der Waals surface area contributed by atoms with Crippen LogP contribution < -0.4 is 14.8 Å². The maximum Gasteiger partial charge on any atom is 0.328 e. The highest BCUT2D eigenvalue weighted by Gasteiger charge is 2.21. The van der Waals surface area contributed by atoms with Gasteiger partial charge in [0, 0.05) is 10.6 Å². The van der Waals surface area contributed by atoms with Crippen LogP contribution in [-0.4, -0.2) is 44.5 Å². The van der Waals surface area contributed by atoms with E-state index in [1.54, 1.807) is 24.3 Å². The highest BCUT2D eigenvalue weighted by Crippen LogP contribution is 2.24. The van der Waals surface area contributed by atoms with Crippen molar-refractivity contribution in [2.24, 2.45) is 0 Å². The molecule has 0 aliphatic rings. The predicted molar refractivity (Wildman–Crippen MR) is 103 cm³/mol. The fourth-order valence-electron chi connectivity index (χ4n) is 2.31. The van der Waals surface area contributed by atoms with E-state index >= 15 is 0 Å². The Morgan fingerprint density at radius 3 is 2.32 bits per heavy atom. The molecular weight excluding hydrogens is 386 g/mol. The minimum Gasteiger partial charge on any atom is -0.497 e. The average molecular weight is 406 g/mol. The lowest BCUT2D eigenvalue weighted by molar-refractivity contribution is -0.144. The van der Waals surface area contributed by atoms with Crippen molar-refractivity contribution in [2.75, 3.05) is 20.8 Å². The summed E-state index contributed by atoms with van der Waals surface area (Å²) in [7, 11) is 2.90. The van der Waals surface area contributed by atoms with Gasteiger partial charge in [0.05, 0.1) is 19.8 Å². The molecule has 1 N–H and O–H groups in total. The van der Waals surface area contributed by atoms with E-state index in [1.165, 1.54) is 39.3 Å². The molecule has 0 fully saturated rings. The Hall–Kier alpha value is -3.06. The van der Waals surface area contributed by atoms with Crippen molar-refractivity contribution < 1.29 is 28.6 Å². The molecule has 0 spiro atoms. The van der Waals surface area contributed by atoms with Gasteiger partial charge in [0.15, 0.2) is 6.61 Å².